The van der Waals surface area contributed by atoms with Crippen LogP contribution in [0.2, 0.25) is 0 Å². The lowest BCUT2D eigenvalue weighted by Gasteiger charge is -2.20. The molecule has 0 fully saturated rings. The fraction of sp³-hybridized carbons (Fsp3) is 0.263. The summed E-state index contributed by atoms with van der Waals surface area (Å²) < 4.78 is 0.978. The Bertz CT molecular complexity index is 802. The fourth-order valence-corrected chi connectivity index (χ4v) is 2.97. The van der Waals surface area contributed by atoms with Gasteiger partial charge in [0.2, 0.25) is 0 Å². The van der Waals surface area contributed by atoms with Gasteiger partial charge in [0, 0.05) is 22.4 Å². The minimum Gasteiger partial charge on any atom is -0.378 e. The van der Waals surface area contributed by atoms with Gasteiger partial charge in [0.15, 0.2) is 0 Å². The SMILES string of the molecule is Cc1cccc(NCC2=NCCN2C(=O)Nc2ccc(Br)cc2)c1C. The fourth-order valence-electron chi connectivity index (χ4n) is 2.70. The number of rotatable bonds is 4. The maximum absolute atomic E-state index is 12.5. The summed E-state index contributed by atoms with van der Waals surface area (Å²) in [6.45, 7) is 5.94. The second-order valence-electron chi connectivity index (χ2n) is 5.99. The molecule has 25 heavy (non-hydrogen) atoms. The molecule has 0 atom stereocenters. The molecule has 0 bridgehead atoms. The van der Waals surface area contributed by atoms with Gasteiger partial charge >= 0.3 is 6.03 Å². The van der Waals surface area contributed by atoms with Gasteiger partial charge in [-0.2, -0.15) is 0 Å². The Labute approximate surface area is 156 Å². The zero-order valence-corrected chi connectivity index (χ0v) is 15.9. The highest BCUT2D eigenvalue weighted by atomic mass is 79.9. The van der Waals surface area contributed by atoms with Gasteiger partial charge < -0.3 is 10.6 Å². The van der Waals surface area contributed by atoms with Gasteiger partial charge in [-0.3, -0.25) is 9.89 Å². The van der Waals surface area contributed by atoms with E-state index in [1.807, 2.05) is 36.4 Å². The van der Waals surface area contributed by atoms with E-state index in [2.05, 4.69) is 51.5 Å². The third-order valence-electron chi connectivity index (χ3n) is 4.31. The van der Waals surface area contributed by atoms with E-state index in [0.717, 1.165) is 21.7 Å². The Kier molecular flexibility index (Phi) is 5.38. The molecule has 0 aromatic heterocycles. The first-order valence-electron chi connectivity index (χ1n) is 8.22. The number of carbonyl (C=O) groups is 1. The molecule has 0 radical (unpaired) electrons. The average Bonchev–Trinajstić information content (AvgIpc) is 3.07. The van der Waals surface area contributed by atoms with Crippen molar-refractivity contribution >= 4 is 39.2 Å². The third-order valence-corrected chi connectivity index (χ3v) is 4.84. The predicted octanol–water partition coefficient (Wildman–Crippen LogP) is 4.42. The Morgan fingerprint density at radius 1 is 1.20 bits per heavy atom. The van der Waals surface area contributed by atoms with Crippen LogP contribution in [-0.4, -0.2) is 36.4 Å². The molecule has 6 heteroatoms. The summed E-state index contributed by atoms with van der Waals surface area (Å²) in [4.78, 5) is 18.7. The van der Waals surface area contributed by atoms with Crippen LogP contribution in [0.4, 0.5) is 16.2 Å². The number of amides is 2. The Balaban J connectivity index is 1.63. The molecular formula is C19H21BrN4O. The number of aliphatic imine (C=N–C) groups is 1. The summed E-state index contributed by atoms with van der Waals surface area (Å²) in [5.74, 6) is 0.760. The second kappa shape index (κ2) is 7.70. The number of nitrogens with one attached hydrogen (secondary N) is 2. The number of anilines is 2. The van der Waals surface area contributed by atoms with Crippen molar-refractivity contribution in [2.24, 2.45) is 4.99 Å². The molecular weight excluding hydrogens is 380 g/mol. The molecule has 0 unspecified atom stereocenters. The first-order valence-corrected chi connectivity index (χ1v) is 9.01. The van der Waals surface area contributed by atoms with Crippen molar-refractivity contribution in [2.75, 3.05) is 30.3 Å². The first-order chi connectivity index (χ1) is 12.0. The van der Waals surface area contributed by atoms with Crippen molar-refractivity contribution in [3.63, 3.8) is 0 Å². The van der Waals surface area contributed by atoms with E-state index in [9.17, 15) is 4.79 Å². The maximum atomic E-state index is 12.5. The highest BCUT2D eigenvalue weighted by molar-refractivity contribution is 9.10. The van der Waals surface area contributed by atoms with Gasteiger partial charge in [0.25, 0.3) is 0 Å². The third kappa shape index (κ3) is 4.20. The average molecular weight is 401 g/mol. The van der Waals surface area contributed by atoms with Crippen LogP contribution in [0.5, 0.6) is 0 Å². The van der Waals surface area contributed by atoms with Crippen LogP contribution in [0, 0.1) is 13.8 Å². The molecule has 0 spiro atoms. The second-order valence-corrected chi connectivity index (χ2v) is 6.90. The van der Waals surface area contributed by atoms with Crippen LogP contribution in [0.15, 0.2) is 51.9 Å². The van der Waals surface area contributed by atoms with Gasteiger partial charge in [0.1, 0.15) is 5.84 Å². The molecule has 2 N–H and O–H groups in total. The van der Waals surface area contributed by atoms with E-state index in [0.29, 0.717) is 19.6 Å². The van der Waals surface area contributed by atoms with Gasteiger partial charge in [-0.05, 0) is 55.3 Å². The van der Waals surface area contributed by atoms with Crippen molar-refractivity contribution in [3.8, 4) is 0 Å². The number of nitrogens with zero attached hydrogens (tertiary/aromatic N) is 2. The van der Waals surface area contributed by atoms with Crippen molar-refractivity contribution < 1.29 is 4.79 Å². The van der Waals surface area contributed by atoms with Gasteiger partial charge in [-0.1, -0.05) is 28.1 Å². The summed E-state index contributed by atoms with van der Waals surface area (Å²) in [7, 11) is 0. The van der Waals surface area contributed by atoms with Crippen LogP contribution in [-0.2, 0) is 0 Å². The Hall–Kier alpha value is -2.34. The van der Waals surface area contributed by atoms with Gasteiger partial charge in [0.05, 0.1) is 13.1 Å². The van der Waals surface area contributed by atoms with Gasteiger partial charge in [-0.25, -0.2) is 4.79 Å². The summed E-state index contributed by atoms with van der Waals surface area (Å²) >= 11 is 3.39. The largest absolute Gasteiger partial charge is 0.378 e. The number of hydrogen-bond acceptors (Lipinski definition) is 3. The molecule has 5 nitrogen and oxygen atoms in total. The molecule has 2 aromatic rings. The topological polar surface area (TPSA) is 56.7 Å². The Morgan fingerprint density at radius 2 is 1.96 bits per heavy atom. The van der Waals surface area contributed by atoms with E-state index in [1.165, 1.54) is 11.1 Å². The zero-order valence-electron chi connectivity index (χ0n) is 14.3. The van der Waals surface area contributed by atoms with Crippen LogP contribution in [0.1, 0.15) is 11.1 Å². The first kappa shape index (κ1) is 17.5. The molecule has 0 saturated heterocycles. The van der Waals surface area contributed by atoms with Crippen LogP contribution in [0.25, 0.3) is 0 Å². The lowest BCUT2D eigenvalue weighted by Crippen LogP contribution is -2.40. The zero-order chi connectivity index (χ0) is 17.8. The van der Waals surface area contributed by atoms with E-state index >= 15 is 0 Å². The Morgan fingerprint density at radius 3 is 2.72 bits per heavy atom. The van der Waals surface area contributed by atoms with E-state index in [-0.39, 0.29) is 6.03 Å². The number of urea groups is 1. The monoisotopic (exact) mass is 400 g/mol. The molecule has 130 valence electrons. The van der Waals surface area contributed by atoms with Crippen LogP contribution >= 0.6 is 15.9 Å². The number of benzene rings is 2. The summed E-state index contributed by atoms with van der Waals surface area (Å²) in [5.41, 5.74) is 4.29. The van der Waals surface area contributed by atoms with Gasteiger partial charge in [-0.15, -0.1) is 0 Å². The standard InChI is InChI=1S/C19H21BrN4O/c1-13-4-3-5-17(14(13)2)22-12-18-21-10-11-24(18)19(25)23-16-8-6-15(20)7-9-16/h3-9,22H,10-12H2,1-2H3,(H,23,25). The normalized spacial score (nSPS) is 13.6. The number of halogens is 1. The lowest BCUT2D eigenvalue weighted by molar-refractivity contribution is 0.236. The van der Waals surface area contributed by atoms with Crippen LogP contribution in [0.3, 0.4) is 0 Å². The van der Waals surface area contributed by atoms with Crippen LogP contribution < -0.4 is 10.6 Å². The number of aryl methyl sites for hydroxylation is 1. The molecule has 2 amide bonds. The van der Waals surface area contributed by atoms with Crippen molar-refractivity contribution in [3.05, 3.63) is 58.1 Å². The maximum Gasteiger partial charge on any atom is 0.327 e. The molecule has 1 heterocycles. The van der Waals surface area contributed by atoms with Crippen molar-refractivity contribution in [1.29, 1.82) is 0 Å². The summed E-state index contributed by atoms with van der Waals surface area (Å²) in [6, 6.07) is 13.5. The minimum atomic E-state index is -0.152. The smallest absolute Gasteiger partial charge is 0.327 e. The van der Waals surface area contributed by atoms with E-state index < -0.39 is 0 Å². The highest BCUT2D eigenvalue weighted by Gasteiger charge is 2.23. The number of hydrogen-bond donors (Lipinski definition) is 2. The lowest BCUT2D eigenvalue weighted by atomic mass is 10.1. The predicted molar refractivity (Wildman–Crippen MR) is 107 cm³/mol. The molecule has 1 aliphatic rings. The molecule has 0 aliphatic carbocycles. The highest BCUT2D eigenvalue weighted by Crippen LogP contribution is 2.19. The number of amidine groups is 1. The molecule has 3 rings (SSSR count). The number of carbonyl (C=O) groups excluding carboxylic acids is 1. The molecule has 1 aliphatic heterocycles. The quantitative estimate of drug-likeness (QED) is 0.797. The minimum absolute atomic E-state index is 0.152. The summed E-state index contributed by atoms with van der Waals surface area (Å²) in [5, 5.41) is 6.31. The van der Waals surface area contributed by atoms with E-state index in [1.54, 1.807) is 4.90 Å². The summed E-state index contributed by atoms with van der Waals surface area (Å²) in [6.07, 6.45) is 0. The molecule has 2 aromatic carbocycles. The van der Waals surface area contributed by atoms with Crippen molar-refractivity contribution in [1.82, 2.24) is 4.90 Å². The van der Waals surface area contributed by atoms with Crippen molar-refractivity contribution in [2.45, 2.75) is 13.8 Å². The molecule has 0 saturated carbocycles. The van der Waals surface area contributed by atoms with E-state index in [4.69, 9.17) is 0 Å².